The first kappa shape index (κ1) is 18.9. The average molecular weight is 375 g/mol. The van der Waals surface area contributed by atoms with Gasteiger partial charge in [-0.3, -0.25) is 0 Å². The molecule has 0 unspecified atom stereocenters. The van der Waals surface area contributed by atoms with Crippen LogP contribution in [0.5, 0.6) is 0 Å². The molecule has 1 N–H and O–H groups in total. The van der Waals surface area contributed by atoms with Crippen molar-refractivity contribution >= 4 is 17.5 Å². The highest BCUT2D eigenvalue weighted by molar-refractivity contribution is 7.99. The minimum atomic E-state index is -0.492. The Balaban J connectivity index is 1.86. The van der Waals surface area contributed by atoms with Gasteiger partial charge in [0, 0.05) is 43.0 Å². The molecule has 1 heterocycles. The van der Waals surface area contributed by atoms with Gasteiger partial charge in [0.15, 0.2) is 0 Å². The van der Waals surface area contributed by atoms with Gasteiger partial charge in [0.1, 0.15) is 5.82 Å². The zero-order chi connectivity index (χ0) is 18.6. The molecule has 1 fully saturated rings. The lowest BCUT2D eigenvalue weighted by Gasteiger charge is -2.36. The first-order chi connectivity index (χ1) is 12.6. The van der Waals surface area contributed by atoms with Gasteiger partial charge in [-0.25, -0.2) is 4.39 Å². The van der Waals surface area contributed by atoms with Gasteiger partial charge < -0.3 is 14.7 Å². The molecular weight excluding hydrogens is 353 g/mol. The summed E-state index contributed by atoms with van der Waals surface area (Å²) in [5.41, 5.74) is 1.76. The van der Waals surface area contributed by atoms with Gasteiger partial charge in [-0.1, -0.05) is 29.1 Å². The van der Waals surface area contributed by atoms with Gasteiger partial charge in [-0.05, 0) is 48.4 Å². The van der Waals surface area contributed by atoms with E-state index in [1.54, 1.807) is 20.1 Å². The molecule has 0 aromatic heterocycles. The molecule has 26 heavy (non-hydrogen) atoms. The Morgan fingerprint density at radius 3 is 2.46 bits per heavy atom. The van der Waals surface area contributed by atoms with Crippen molar-refractivity contribution in [2.75, 3.05) is 20.3 Å². The fourth-order valence-corrected chi connectivity index (χ4v) is 4.06. The number of ether oxygens (including phenoxy) is 2. The third-order valence-electron chi connectivity index (χ3n) is 4.75. The van der Waals surface area contributed by atoms with Gasteiger partial charge >= 0.3 is 0 Å². The Hall–Kier alpha value is -1.89. The minimum Gasteiger partial charge on any atom is -0.411 e. The standard InChI is InChI=1S/C20H22FNO3S/c1-14(22-23)15-3-5-18(6-4-15)26-19-12-16(11-17(21)13-19)20(24-2)7-9-25-10-8-20/h3-6,11-13,23H,7-10H2,1-2H3/b22-14+. The molecule has 138 valence electrons. The monoisotopic (exact) mass is 375 g/mol. The lowest BCUT2D eigenvalue weighted by Crippen LogP contribution is -2.35. The van der Waals surface area contributed by atoms with E-state index in [-0.39, 0.29) is 5.82 Å². The number of oxime groups is 1. The molecule has 2 aromatic rings. The quantitative estimate of drug-likeness (QED) is 0.462. The molecule has 0 aliphatic carbocycles. The predicted molar refractivity (Wildman–Crippen MR) is 99.7 cm³/mol. The smallest absolute Gasteiger partial charge is 0.124 e. The van der Waals surface area contributed by atoms with Gasteiger partial charge in [0.25, 0.3) is 0 Å². The van der Waals surface area contributed by atoms with Gasteiger partial charge in [0.2, 0.25) is 0 Å². The normalized spacial score (nSPS) is 17.3. The lowest BCUT2D eigenvalue weighted by atomic mass is 9.86. The van der Waals surface area contributed by atoms with E-state index in [2.05, 4.69) is 5.16 Å². The van der Waals surface area contributed by atoms with Crippen molar-refractivity contribution in [3.63, 3.8) is 0 Å². The summed E-state index contributed by atoms with van der Waals surface area (Å²) < 4.78 is 25.5. The van der Waals surface area contributed by atoms with Gasteiger partial charge in [-0.15, -0.1) is 0 Å². The van der Waals surface area contributed by atoms with Crippen LogP contribution in [0.1, 0.15) is 30.9 Å². The van der Waals surface area contributed by atoms with Crippen molar-refractivity contribution in [2.45, 2.75) is 35.2 Å². The van der Waals surface area contributed by atoms with E-state index in [9.17, 15) is 4.39 Å². The second-order valence-electron chi connectivity index (χ2n) is 6.30. The molecule has 1 aliphatic heterocycles. The second kappa shape index (κ2) is 8.20. The van der Waals surface area contributed by atoms with E-state index in [1.807, 2.05) is 30.3 Å². The minimum absolute atomic E-state index is 0.271. The van der Waals surface area contributed by atoms with Gasteiger partial charge in [0.05, 0.1) is 11.3 Å². The molecule has 0 spiro atoms. The number of hydrogen-bond acceptors (Lipinski definition) is 5. The zero-order valence-electron chi connectivity index (χ0n) is 14.9. The number of benzene rings is 2. The Kier molecular flexibility index (Phi) is 5.96. The van der Waals surface area contributed by atoms with Crippen LogP contribution < -0.4 is 0 Å². The molecule has 4 nitrogen and oxygen atoms in total. The van der Waals surface area contributed by atoms with Crippen LogP contribution in [0.2, 0.25) is 0 Å². The van der Waals surface area contributed by atoms with Crippen LogP contribution in [0, 0.1) is 5.82 Å². The van der Waals surface area contributed by atoms with Crippen LogP contribution in [-0.2, 0) is 15.1 Å². The van der Waals surface area contributed by atoms with Crippen LogP contribution in [0.25, 0.3) is 0 Å². The number of rotatable bonds is 5. The molecule has 3 rings (SSSR count). The largest absolute Gasteiger partial charge is 0.411 e. The SMILES string of the molecule is COC1(c2cc(F)cc(Sc3ccc(/C(C)=N/O)cc3)c2)CCOCC1. The molecule has 0 atom stereocenters. The number of hydrogen-bond donors (Lipinski definition) is 1. The van der Waals surface area contributed by atoms with Crippen LogP contribution >= 0.6 is 11.8 Å². The van der Waals surface area contributed by atoms with Crippen molar-refractivity contribution in [1.82, 2.24) is 0 Å². The van der Waals surface area contributed by atoms with E-state index >= 15 is 0 Å². The molecular formula is C20H22FNO3S. The Morgan fingerprint density at radius 1 is 1.15 bits per heavy atom. The maximum Gasteiger partial charge on any atom is 0.124 e. The third-order valence-corrected chi connectivity index (χ3v) is 5.73. The molecule has 0 bridgehead atoms. The molecule has 0 amide bonds. The number of halogens is 1. The molecule has 1 aliphatic rings. The Morgan fingerprint density at radius 2 is 1.85 bits per heavy atom. The summed E-state index contributed by atoms with van der Waals surface area (Å²) in [5, 5.41) is 12.0. The fourth-order valence-electron chi connectivity index (χ4n) is 3.15. The van der Waals surface area contributed by atoms with E-state index in [4.69, 9.17) is 14.7 Å². The van der Waals surface area contributed by atoms with Crippen molar-refractivity contribution in [2.24, 2.45) is 5.16 Å². The van der Waals surface area contributed by atoms with E-state index in [1.165, 1.54) is 17.8 Å². The van der Waals surface area contributed by atoms with Crippen LogP contribution in [0.3, 0.4) is 0 Å². The highest BCUT2D eigenvalue weighted by atomic mass is 32.2. The maximum atomic E-state index is 14.3. The summed E-state index contributed by atoms with van der Waals surface area (Å²) in [6, 6.07) is 12.7. The van der Waals surface area contributed by atoms with Crippen LogP contribution in [0.15, 0.2) is 57.4 Å². The summed E-state index contributed by atoms with van der Waals surface area (Å²) in [4.78, 5) is 1.80. The van der Waals surface area contributed by atoms with E-state index in [0.29, 0.717) is 31.8 Å². The van der Waals surface area contributed by atoms with Crippen molar-refractivity contribution in [3.8, 4) is 0 Å². The first-order valence-electron chi connectivity index (χ1n) is 8.47. The predicted octanol–water partition coefficient (Wildman–Crippen LogP) is 4.83. The average Bonchev–Trinajstić information content (AvgIpc) is 2.68. The fraction of sp³-hybridized carbons (Fsp3) is 0.350. The number of nitrogens with zero attached hydrogens (tertiary/aromatic N) is 1. The molecule has 0 saturated carbocycles. The zero-order valence-corrected chi connectivity index (χ0v) is 15.7. The van der Waals surface area contributed by atoms with Gasteiger partial charge in [-0.2, -0.15) is 0 Å². The van der Waals surface area contributed by atoms with Crippen LogP contribution in [0.4, 0.5) is 4.39 Å². The van der Waals surface area contributed by atoms with Crippen molar-refractivity contribution in [3.05, 3.63) is 59.4 Å². The van der Waals surface area contributed by atoms with Crippen LogP contribution in [-0.4, -0.2) is 31.2 Å². The summed E-state index contributed by atoms with van der Waals surface area (Å²) in [5.74, 6) is -0.271. The summed E-state index contributed by atoms with van der Waals surface area (Å²) in [6.07, 6.45) is 1.43. The molecule has 1 saturated heterocycles. The second-order valence-corrected chi connectivity index (χ2v) is 7.45. The molecule has 2 aromatic carbocycles. The number of methoxy groups -OCH3 is 1. The highest BCUT2D eigenvalue weighted by Crippen LogP contribution is 2.38. The topological polar surface area (TPSA) is 51.0 Å². The molecule has 6 heteroatoms. The summed E-state index contributed by atoms with van der Waals surface area (Å²) >= 11 is 1.49. The summed E-state index contributed by atoms with van der Waals surface area (Å²) in [7, 11) is 1.67. The van der Waals surface area contributed by atoms with E-state index < -0.39 is 5.60 Å². The van der Waals surface area contributed by atoms with Crippen molar-refractivity contribution < 1.29 is 19.1 Å². The van der Waals surface area contributed by atoms with Crippen molar-refractivity contribution in [1.29, 1.82) is 0 Å². The lowest BCUT2D eigenvalue weighted by molar-refractivity contribution is -0.0950. The maximum absolute atomic E-state index is 14.3. The Labute approximate surface area is 157 Å². The molecule has 0 radical (unpaired) electrons. The first-order valence-corrected chi connectivity index (χ1v) is 9.29. The van der Waals surface area contributed by atoms with E-state index in [0.717, 1.165) is 20.9 Å². The summed E-state index contributed by atoms with van der Waals surface area (Å²) in [6.45, 7) is 2.96. The Bertz CT molecular complexity index is 786. The highest BCUT2D eigenvalue weighted by Gasteiger charge is 2.35. The third kappa shape index (κ3) is 4.09.